The van der Waals surface area contributed by atoms with Gasteiger partial charge in [-0.05, 0) is 18.9 Å². The molecule has 0 aromatic carbocycles. The first-order valence-corrected chi connectivity index (χ1v) is 5.99. The summed E-state index contributed by atoms with van der Waals surface area (Å²) in [4.78, 5) is 4.12. The zero-order chi connectivity index (χ0) is 12.7. The average molecular weight is 238 g/mol. The molecule has 1 heterocycles. The standard InChI is InChI=1S/C13H22N2O2/c1-4-7-13(2,16)10-14-8-11-5-6-12(17-3)15-9-11/h5-6,9,14,16H,4,7-8,10H2,1-3H3. The molecule has 0 aliphatic rings. The van der Waals surface area contributed by atoms with Crippen molar-refractivity contribution in [1.29, 1.82) is 0 Å². The van der Waals surface area contributed by atoms with Crippen LogP contribution < -0.4 is 10.1 Å². The fourth-order valence-electron chi connectivity index (χ4n) is 1.74. The van der Waals surface area contributed by atoms with Gasteiger partial charge in [-0.15, -0.1) is 0 Å². The Morgan fingerprint density at radius 3 is 2.76 bits per heavy atom. The van der Waals surface area contributed by atoms with Crippen molar-refractivity contribution >= 4 is 0 Å². The van der Waals surface area contributed by atoms with E-state index >= 15 is 0 Å². The largest absolute Gasteiger partial charge is 0.481 e. The van der Waals surface area contributed by atoms with Crippen LogP contribution in [0, 0.1) is 0 Å². The third kappa shape index (κ3) is 5.15. The van der Waals surface area contributed by atoms with Gasteiger partial charge in [-0.2, -0.15) is 0 Å². The van der Waals surface area contributed by atoms with E-state index in [0.717, 1.165) is 18.4 Å². The molecule has 4 nitrogen and oxygen atoms in total. The summed E-state index contributed by atoms with van der Waals surface area (Å²) >= 11 is 0. The van der Waals surface area contributed by atoms with Crippen LogP contribution in [0.2, 0.25) is 0 Å². The highest BCUT2D eigenvalue weighted by molar-refractivity contribution is 5.17. The van der Waals surface area contributed by atoms with Crippen LogP contribution in [-0.4, -0.2) is 29.3 Å². The molecule has 1 rings (SSSR count). The lowest BCUT2D eigenvalue weighted by molar-refractivity contribution is 0.0498. The first-order valence-electron chi connectivity index (χ1n) is 5.99. The maximum absolute atomic E-state index is 9.98. The monoisotopic (exact) mass is 238 g/mol. The summed E-state index contributed by atoms with van der Waals surface area (Å²) in [6.07, 6.45) is 3.57. The van der Waals surface area contributed by atoms with E-state index in [4.69, 9.17) is 4.74 Å². The molecule has 0 fully saturated rings. The minimum atomic E-state index is -0.630. The Bertz CT molecular complexity index is 323. The second kappa shape index (κ2) is 6.57. The second-order valence-electron chi connectivity index (χ2n) is 4.56. The Hall–Kier alpha value is -1.13. The number of nitrogens with zero attached hydrogens (tertiary/aromatic N) is 1. The SMILES string of the molecule is CCCC(C)(O)CNCc1ccc(OC)nc1. The van der Waals surface area contributed by atoms with Crippen molar-refractivity contribution in [1.82, 2.24) is 10.3 Å². The lowest BCUT2D eigenvalue weighted by atomic mass is 10.0. The van der Waals surface area contributed by atoms with E-state index in [2.05, 4.69) is 17.2 Å². The molecule has 17 heavy (non-hydrogen) atoms. The summed E-state index contributed by atoms with van der Waals surface area (Å²) in [7, 11) is 1.60. The minimum Gasteiger partial charge on any atom is -0.481 e. The number of nitrogens with one attached hydrogen (secondary N) is 1. The highest BCUT2D eigenvalue weighted by Crippen LogP contribution is 2.11. The van der Waals surface area contributed by atoms with Crippen LogP contribution in [0.15, 0.2) is 18.3 Å². The zero-order valence-electron chi connectivity index (χ0n) is 10.9. The van der Waals surface area contributed by atoms with Gasteiger partial charge in [0.25, 0.3) is 0 Å². The fraction of sp³-hybridized carbons (Fsp3) is 0.615. The number of ether oxygens (including phenoxy) is 1. The molecule has 0 bridgehead atoms. The Morgan fingerprint density at radius 2 is 2.24 bits per heavy atom. The zero-order valence-corrected chi connectivity index (χ0v) is 10.9. The Labute approximate surface area is 103 Å². The van der Waals surface area contributed by atoms with Gasteiger partial charge in [0.05, 0.1) is 12.7 Å². The summed E-state index contributed by atoms with van der Waals surface area (Å²) < 4.78 is 4.99. The molecule has 96 valence electrons. The lowest BCUT2D eigenvalue weighted by Gasteiger charge is -2.23. The van der Waals surface area contributed by atoms with E-state index in [0.29, 0.717) is 19.0 Å². The van der Waals surface area contributed by atoms with Gasteiger partial charge in [0.2, 0.25) is 5.88 Å². The van der Waals surface area contributed by atoms with Crippen molar-refractivity contribution < 1.29 is 9.84 Å². The molecule has 4 heteroatoms. The van der Waals surface area contributed by atoms with Gasteiger partial charge >= 0.3 is 0 Å². The average Bonchev–Trinajstić information content (AvgIpc) is 2.29. The lowest BCUT2D eigenvalue weighted by Crippen LogP contribution is -2.37. The van der Waals surface area contributed by atoms with E-state index in [1.165, 1.54) is 0 Å². The normalized spacial score (nSPS) is 14.4. The molecule has 1 unspecified atom stereocenters. The van der Waals surface area contributed by atoms with E-state index in [1.54, 1.807) is 13.3 Å². The summed E-state index contributed by atoms with van der Waals surface area (Å²) in [6, 6.07) is 3.80. The Morgan fingerprint density at radius 1 is 1.47 bits per heavy atom. The quantitative estimate of drug-likeness (QED) is 0.759. The molecule has 0 aliphatic heterocycles. The molecule has 1 aromatic rings. The maximum Gasteiger partial charge on any atom is 0.212 e. The predicted molar refractivity (Wildman–Crippen MR) is 68.0 cm³/mol. The number of methoxy groups -OCH3 is 1. The topological polar surface area (TPSA) is 54.4 Å². The number of rotatable bonds is 7. The summed E-state index contributed by atoms with van der Waals surface area (Å²) in [6.45, 7) is 5.22. The van der Waals surface area contributed by atoms with Crippen LogP contribution in [0.4, 0.5) is 0 Å². The summed E-state index contributed by atoms with van der Waals surface area (Å²) in [5, 5.41) is 13.2. The highest BCUT2D eigenvalue weighted by Gasteiger charge is 2.17. The molecule has 0 saturated heterocycles. The van der Waals surface area contributed by atoms with Gasteiger partial charge in [-0.3, -0.25) is 0 Å². The van der Waals surface area contributed by atoms with Crippen molar-refractivity contribution in [3.63, 3.8) is 0 Å². The number of aromatic nitrogens is 1. The van der Waals surface area contributed by atoms with E-state index in [9.17, 15) is 5.11 Å². The van der Waals surface area contributed by atoms with Crippen LogP contribution in [0.25, 0.3) is 0 Å². The molecule has 0 amide bonds. The van der Waals surface area contributed by atoms with Gasteiger partial charge in [0.15, 0.2) is 0 Å². The van der Waals surface area contributed by atoms with Gasteiger partial charge < -0.3 is 15.2 Å². The van der Waals surface area contributed by atoms with Crippen LogP contribution in [-0.2, 0) is 6.54 Å². The van der Waals surface area contributed by atoms with Crippen LogP contribution in [0.1, 0.15) is 32.3 Å². The molecule has 1 aromatic heterocycles. The van der Waals surface area contributed by atoms with Gasteiger partial charge in [-0.1, -0.05) is 19.4 Å². The summed E-state index contributed by atoms with van der Waals surface area (Å²) in [5.41, 5.74) is 0.451. The first-order chi connectivity index (χ1) is 8.07. The molecule has 1 atom stereocenters. The van der Waals surface area contributed by atoms with Crippen molar-refractivity contribution in [3.8, 4) is 5.88 Å². The van der Waals surface area contributed by atoms with Crippen LogP contribution in [0.3, 0.4) is 0 Å². The van der Waals surface area contributed by atoms with E-state index < -0.39 is 5.60 Å². The van der Waals surface area contributed by atoms with E-state index in [-0.39, 0.29) is 0 Å². The molecular weight excluding hydrogens is 216 g/mol. The second-order valence-corrected chi connectivity index (χ2v) is 4.56. The number of pyridine rings is 1. The van der Waals surface area contributed by atoms with Crippen molar-refractivity contribution in [2.45, 2.75) is 38.8 Å². The fourth-order valence-corrected chi connectivity index (χ4v) is 1.74. The third-order valence-electron chi connectivity index (χ3n) is 2.63. The molecule has 2 N–H and O–H groups in total. The molecule has 0 saturated carbocycles. The van der Waals surface area contributed by atoms with Crippen LogP contribution in [0.5, 0.6) is 5.88 Å². The minimum absolute atomic E-state index is 0.590. The molecule has 0 spiro atoms. The predicted octanol–water partition coefficient (Wildman–Crippen LogP) is 1.73. The number of aliphatic hydroxyl groups is 1. The summed E-state index contributed by atoms with van der Waals surface area (Å²) in [5.74, 6) is 0.617. The van der Waals surface area contributed by atoms with Gasteiger partial charge in [0.1, 0.15) is 0 Å². The smallest absolute Gasteiger partial charge is 0.212 e. The molecule has 0 radical (unpaired) electrons. The van der Waals surface area contributed by atoms with Gasteiger partial charge in [-0.25, -0.2) is 4.98 Å². The highest BCUT2D eigenvalue weighted by atomic mass is 16.5. The van der Waals surface area contributed by atoms with Crippen molar-refractivity contribution in [2.75, 3.05) is 13.7 Å². The van der Waals surface area contributed by atoms with E-state index in [1.807, 2.05) is 19.1 Å². The van der Waals surface area contributed by atoms with Crippen molar-refractivity contribution in [2.24, 2.45) is 0 Å². The maximum atomic E-state index is 9.98. The number of hydrogen-bond acceptors (Lipinski definition) is 4. The third-order valence-corrected chi connectivity index (χ3v) is 2.63. The number of hydrogen-bond donors (Lipinski definition) is 2. The molecular formula is C13H22N2O2. The van der Waals surface area contributed by atoms with Crippen molar-refractivity contribution in [3.05, 3.63) is 23.9 Å². The molecule has 0 aliphatic carbocycles. The van der Waals surface area contributed by atoms with Gasteiger partial charge in [0, 0.05) is 25.4 Å². The first kappa shape index (κ1) is 13.9. The van der Waals surface area contributed by atoms with Crippen LogP contribution >= 0.6 is 0 Å². The Balaban J connectivity index is 2.35. The Kier molecular flexibility index (Phi) is 5.38.